The molecule has 0 aliphatic carbocycles. The molecule has 3 rings (SSSR count). The molecule has 0 aromatic heterocycles. The minimum absolute atomic E-state index is 0.272. The first-order valence-corrected chi connectivity index (χ1v) is 8.99. The Morgan fingerprint density at radius 3 is 2.24 bits per heavy atom. The van der Waals surface area contributed by atoms with Crippen LogP contribution >= 0.6 is 0 Å². The zero-order chi connectivity index (χ0) is 20.6. The van der Waals surface area contributed by atoms with Gasteiger partial charge in [-0.25, -0.2) is 4.79 Å². The highest BCUT2D eigenvalue weighted by atomic mass is 16.5. The van der Waals surface area contributed by atoms with Gasteiger partial charge in [-0.2, -0.15) is 0 Å². The van der Waals surface area contributed by atoms with Crippen molar-refractivity contribution in [3.05, 3.63) is 101 Å². The topological polar surface area (TPSA) is 84.5 Å². The van der Waals surface area contributed by atoms with Crippen molar-refractivity contribution in [1.29, 1.82) is 0 Å². The summed E-state index contributed by atoms with van der Waals surface area (Å²) in [5.41, 5.74) is 2.26. The van der Waals surface area contributed by atoms with Crippen LogP contribution in [0.25, 0.3) is 0 Å². The standard InChI is InChI=1S/C23H20N2O4/c1-29-23(28)18-11-7-10-17(14-18)21(26)25-20-13-6-5-12-19(20)22(27)24-15-16-8-3-2-4-9-16/h2-14H,15H2,1H3,(H,24,27)(H,25,26). The number of rotatable bonds is 6. The molecule has 0 bridgehead atoms. The summed E-state index contributed by atoms with van der Waals surface area (Å²) in [4.78, 5) is 36.9. The first-order valence-electron chi connectivity index (χ1n) is 8.99. The van der Waals surface area contributed by atoms with E-state index in [0.29, 0.717) is 17.8 Å². The fourth-order valence-electron chi connectivity index (χ4n) is 2.76. The Morgan fingerprint density at radius 1 is 0.793 bits per heavy atom. The van der Waals surface area contributed by atoms with E-state index in [-0.39, 0.29) is 17.0 Å². The van der Waals surface area contributed by atoms with Crippen LogP contribution in [0.4, 0.5) is 5.69 Å². The number of para-hydroxylation sites is 1. The fourth-order valence-corrected chi connectivity index (χ4v) is 2.76. The van der Waals surface area contributed by atoms with Crippen LogP contribution in [0.3, 0.4) is 0 Å². The van der Waals surface area contributed by atoms with Gasteiger partial charge < -0.3 is 15.4 Å². The van der Waals surface area contributed by atoms with Crippen LogP contribution < -0.4 is 10.6 Å². The largest absolute Gasteiger partial charge is 0.465 e. The Balaban J connectivity index is 1.74. The van der Waals surface area contributed by atoms with Gasteiger partial charge in [0, 0.05) is 12.1 Å². The SMILES string of the molecule is COC(=O)c1cccc(C(=O)Nc2ccccc2C(=O)NCc2ccccc2)c1. The van der Waals surface area contributed by atoms with E-state index in [1.807, 2.05) is 30.3 Å². The van der Waals surface area contributed by atoms with Gasteiger partial charge in [0.1, 0.15) is 0 Å². The van der Waals surface area contributed by atoms with E-state index in [0.717, 1.165) is 5.56 Å². The van der Waals surface area contributed by atoms with Crippen molar-refractivity contribution in [2.24, 2.45) is 0 Å². The number of methoxy groups -OCH3 is 1. The second kappa shape index (κ2) is 9.32. The van der Waals surface area contributed by atoms with Crippen molar-refractivity contribution in [2.45, 2.75) is 6.54 Å². The molecule has 0 aliphatic rings. The van der Waals surface area contributed by atoms with Crippen LogP contribution in [0.5, 0.6) is 0 Å². The summed E-state index contributed by atoms with van der Waals surface area (Å²) in [6, 6.07) is 22.5. The average Bonchev–Trinajstić information content (AvgIpc) is 2.78. The second-order valence-electron chi connectivity index (χ2n) is 6.24. The summed E-state index contributed by atoms with van der Waals surface area (Å²) < 4.78 is 4.68. The van der Waals surface area contributed by atoms with Crippen LogP contribution in [-0.2, 0) is 11.3 Å². The van der Waals surface area contributed by atoms with Crippen LogP contribution in [-0.4, -0.2) is 24.9 Å². The highest BCUT2D eigenvalue weighted by molar-refractivity contribution is 6.09. The Kier molecular flexibility index (Phi) is 6.37. The van der Waals surface area contributed by atoms with E-state index >= 15 is 0 Å². The Hall–Kier alpha value is -3.93. The van der Waals surface area contributed by atoms with E-state index < -0.39 is 11.9 Å². The molecule has 0 heterocycles. The molecule has 3 aromatic carbocycles. The van der Waals surface area contributed by atoms with Gasteiger partial charge in [0.15, 0.2) is 0 Å². The van der Waals surface area contributed by atoms with Gasteiger partial charge in [-0.3, -0.25) is 9.59 Å². The molecule has 6 heteroatoms. The molecule has 29 heavy (non-hydrogen) atoms. The molecule has 0 aliphatic heterocycles. The lowest BCUT2D eigenvalue weighted by Crippen LogP contribution is -2.25. The third-order valence-electron chi connectivity index (χ3n) is 4.26. The van der Waals surface area contributed by atoms with Crippen molar-refractivity contribution in [3.8, 4) is 0 Å². The molecule has 6 nitrogen and oxygen atoms in total. The Labute approximate surface area is 168 Å². The summed E-state index contributed by atoms with van der Waals surface area (Å²) in [5.74, 6) is -1.26. The minimum Gasteiger partial charge on any atom is -0.465 e. The smallest absolute Gasteiger partial charge is 0.337 e. The monoisotopic (exact) mass is 388 g/mol. The van der Waals surface area contributed by atoms with Crippen LogP contribution in [0.2, 0.25) is 0 Å². The highest BCUT2D eigenvalue weighted by Crippen LogP contribution is 2.17. The number of carbonyl (C=O) groups excluding carboxylic acids is 3. The van der Waals surface area contributed by atoms with E-state index in [1.165, 1.54) is 13.2 Å². The van der Waals surface area contributed by atoms with E-state index in [1.54, 1.807) is 42.5 Å². The summed E-state index contributed by atoms with van der Waals surface area (Å²) in [5, 5.41) is 5.59. The maximum atomic E-state index is 12.6. The lowest BCUT2D eigenvalue weighted by molar-refractivity contribution is 0.0600. The maximum absolute atomic E-state index is 12.6. The summed E-state index contributed by atoms with van der Waals surface area (Å²) in [6.45, 7) is 0.378. The molecule has 0 saturated carbocycles. The molecule has 0 radical (unpaired) electrons. The number of ether oxygens (including phenoxy) is 1. The van der Waals surface area contributed by atoms with Gasteiger partial charge in [0.25, 0.3) is 11.8 Å². The summed E-state index contributed by atoms with van der Waals surface area (Å²) in [6.07, 6.45) is 0. The van der Waals surface area contributed by atoms with Crippen LogP contribution in [0.15, 0.2) is 78.9 Å². The molecule has 2 amide bonds. The molecule has 0 spiro atoms. The molecule has 0 unspecified atom stereocenters. The zero-order valence-electron chi connectivity index (χ0n) is 15.8. The minimum atomic E-state index is -0.527. The van der Waals surface area contributed by atoms with E-state index in [9.17, 15) is 14.4 Å². The van der Waals surface area contributed by atoms with Gasteiger partial charge in [0.05, 0.1) is 23.9 Å². The van der Waals surface area contributed by atoms with E-state index in [2.05, 4.69) is 15.4 Å². The number of nitrogens with one attached hydrogen (secondary N) is 2. The molecule has 3 aromatic rings. The van der Waals surface area contributed by atoms with E-state index in [4.69, 9.17) is 0 Å². The first-order chi connectivity index (χ1) is 14.1. The van der Waals surface area contributed by atoms with Crippen molar-refractivity contribution in [3.63, 3.8) is 0 Å². The lowest BCUT2D eigenvalue weighted by Gasteiger charge is -2.12. The zero-order valence-corrected chi connectivity index (χ0v) is 15.8. The summed E-state index contributed by atoms with van der Waals surface area (Å²) >= 11 is 0. The van der Waals surface area contributed by atoms with Gasteiger partial charge >= 0.3 is 5.97 Å². The Morgan fingerprint density at radius 2 is 1.48 bits per heavy atom. The predicted molar refractivity (Wildman–Crippen MR) is 110 cm³/mol. The van der Waals surface area contributed by atoms with Gasteiger partial charge in [-0.1, -0.05) is 48.5 Å². The molecular formula is C23H20N2O4. The fraction of sp³-hybridized carbons (Fsp3) is 0.0870. The molecule has 0 fully saturated rings. The quantitative estimate of drug-likeness (QED) is 0.631. The number of benzene rings is 3. The van der Waals surface area contributed by atoms with Crippen LogP contribution in [0, 0.1) is 0 Å². The third-order valence-corrected chi connectivity index (χ3v) is 4.26. The number of esters is 1. The molecule has 146 valence electrons. The average molecular weight is 388 g/mol. The molecular weight excluding hydrogens is 368 g/mol. The number of amides is 2. The van der Waals surface area contributed by atoms with Crippen molar-refractivity contribution >= 4 is 23.5 Å². The first kappa shape index (κ1) is 19.8. The number of anilines is 1. The second-order valence-corrected chi connectivity index (χ2v) is 6.24. The van der Waals surface area contributed by atoms with Crippen molar-refractivity contribution < 1.29 is 19.1 Å². The lowest BCUT2D eigenvalue weighted by atomic mass is 10.1. The predicted octanol–water partition coefficient (Wildman–Crippen LogP) is 3.66. The molecule has 0 saturated heterocycles. The number of carbonyl (C=O) groups is 3. The van der Waals surface area contributed by atoms with Crippen molar-refractivity contribution in [1.82, 2.24) is 5.32 Å². The van der Waals surface area contributed by atoms with Gasteiger partial charge in [-0.05, 0) is 35.9 Å². The van der Waals surface area contributed by atoms with Gasteiger partial charge in [0.2, 0.25) is 0 Å². The normalized spacial score (nSPS) is 10.1. The third kappa shape index (κ3) is 5.07. The number of hydrogen-bond donors (Lipinski definition) is 2. The maximum Gasteiger partial charge on any atom is 0.337 e. The van der Waals surface area contributed by atoms with Gasteiger partial charge in [-0.15, -0.1) is 0 Å². The molecule has 0 atom stereocenters. The highest BCUT2D eigenvalue weighted by Gasteiger charge is 2.15. The molecule has 2 N–H and O–H groups in total. The van der Waals surface area contributed by atoms with Crippen molar-refractivity contribution in [2.75, 3.05) is 12.4 Å². The summed E-state index contributed by atoms with van der Waals surface area (Å²) in [7, 11) is 1.28. The Bertz CT molecular complexity index is 1030. The number of hydrogen-bond acceptors (Lipinski definition) is 4. The van der Waals surface area contributed by atoms with Crippen LogP contribution in [0.1, 0.15) is 36.6 Å².